The number of benzene rings is 1. The molecule has 0 aliphatic rings. The molecule has 0 aliphatic carbocycles. The van der Waals surface area contributed by atoms with Crippen molar-refractivity contribution in [3.8, 4) is 0 Å². The van der Waals surface area contributed by atoms with Crippen molar-refractivity contribution in [3.63, 3.8) is 0 Å². The maximum Gasteiger partial charge on any atom is 0.246 e. The van der Waals surface area contributed by atoms with Crippen molar-refractivity contribution >= 4 is 23.8 Å². The lowest BCUT2D eigenvalue weighted by molar-refractivity contribution is -0.131. The number of rotatable bonds is 11. The van der Waals surface area contributed by atoms with Gasteiger partial charge < -0.3 is 20.7 Å². The Balaban J connectivity index is 2.27. The standard InChI is InChI=1S/C20H29N3O4/c1-15(2)19(23-18(25)14-27-3)20(26)22-13-7-12-21-17(24)11-10-16-8-5-4-6-9-16/h4-6,8-11,15,19H,7,12-14H2,1-3H3,(H,21,24)(H,22,26)(H,23,25)/b11-10+/t19-/m0/s1. The van der Waals surface area contributed by atoms with Gasteiger partial charge >= 0.3 is 0 Å². The summed E-state index contributed by atoms with van der Waals surface area (Å²) in [6, 6.07) is 8.94. The van der Waals surface area contributed by atoms with Crippen molar-refractivity contribution < 1.29 is 19.1 Å². The average Bonchev–Trinajstić information content (AvgIpc) is 2.64. The summed E-state index contributed by atoms with van der Waals surface area (Å²) in [5.41, 5.74) is 0.954. The Hall–Kier alpha value is -2.67. The van der Waals surface area contributed by atoms with E-state index in [0.29, 0.717) is 19.5 Å². The molecule has 148 valence electrons. The quantitative estimate of drug-likeness (QED) is 0.399. The van der Waals surface area contributed by atoms with Crippen LogP contribution in [-0.4, -0.2) is 50.6 Å². The van der Waals surface area contributed by atoms with Gasteiger partial charge in [0.05, 0.1) is 0 Å². The average molecular weight is 375 g/mol. The third kappa shape index (κ3) is 9.55. The van der Waals surface area contributed by atoms with Gasteiger partial charge in [-0.1, -0.05) is 44.2 Å². The van der Waals surface area contributed by atoms with Gasteiger partial charge in [-0.2, -0.15) is 0 Å². The molecule has 3 amide bonds. The van der Waals surface area contributed by atoms with E-state index in [1.54, 1.807) is 6.08 Å². The van der Waals surface area contributed by atoms with Crippen LogP contribution in [0.4, 0.5) is 0 Å². The zero-order valence-electron chi connectivity index (χ0n) is 16.2. The fraction of sp³-hybridized carbons (Fsp3) is 0.450. The first-order valence-electron chi connectivity index (χ1n) is 9.01. The first kappa shape index (κ1) is 22.4. The number of hydrogen-bond donors (Lipinski definition) is 3. The van der Waals surface area contributed by atoms with Crippen LogP contribution in [0.5, 0.6) is 0 Å². The van der Waals surface area contributed by atoms with Gasteiger partial charge in [0.2, 0.25) is 17.7 Å². The zero-order valence-corrected chi connectivity index (χ0v) is 16.2. The molecule has 0 aliphatic heterocycles. The van der Waals surface area contributed by atoms with E-state index in [4.69, 9.17) is 4.74 Å². The molecule has 0 heterocycles. The minimum atomic E-state index is -0.615. The Labute approximate surface area is 160 Å². The number of methoxy groups -OCH3 is 1. The van der Waals surface area contributed by atoms with Crippen LogP contribution < -0.4 is 16.0 Å². The molecular formula is C20H29N3O4. The summed E-state index contributed by atoms with van der Waals surface area (Å²) < 4.78 is 4.76. The second-order valence-corrected chi connectivity index (χ2v) is 6.40. The number of nitrogens with one attached hydrogen (secondary N) is 3. The van der Waals surface area contributed by atoms with E-state index in [2.05, 4.69) is 16.0 Å². The van der Waals surface area contributed by atoms with Crippen LogP contribution in [0.2, 0.25) is 0 Å². The Morgan fingerprint density at radius 1 is 1.07 bits per heavy atom. The minimum Gasteiger partial charge on any atom is -0.375 e. The Morgan fingerprint density at radius 2 is 1.74 bits per heavy atom. The highest BCUT2D eigenvalue weighted by atomic mass is 16.5. The second-order valence-electron chi connectivity index (χ2n) is 6.40. The van der Waals surface area contributed by atoms with Crippen LogP contribution in [0, 0.1) is 5.92 Å². The molecule has 27 heavy (non-hydrogen) atoms. The van der Waals surface area contributed by atoms with Crippen molar-refractivity contribution in [1.29, 1.82) is 0 Å². The molecule has 0 fully saturated rings. The lowest BCUT2D eigenvalue weighted by atomic mass is 10.0. The number of carbonyl (C=O) groups is 3. The van der Waals surface area contributed by atoms with Gasteiger partial charge in [-0.15, -0.1) is 0 Å². The molecule has 0 bridgehead atoms. The molecule has 1 aromatic carbocycles. The second kappa shape index (κ2) is 12.6. The molecule has 1 aromatic rings. The molecule has 7 heteroatoms. The molecule has 7 nitrogen and oxygen atoms in total. The topological polar surface area (TPSA) is 96.5 Å². The largest absolute Gasteiger partial charge is 0.375 e. The van der Waals surface area contributed by atoms with Crippen molar-refractivity contribution in [2.24, 2.45) is 5.92 Å². The number of carbonyl (C=O) groups excluding carboxylic acids is 3. The molecule has 0 spiro atoms. The first-order valence-corrected chi connectivity index (χ1v) is 9.01. The van der Waals surface area contributed by atoms with Crippen LogP contribution in [0.1, 0.15) is 25.8 Å². The van der Waals surface area contributed by atoms with E-state index in [0.717, 1.165) is 5.56 Å². The van der Waals surface area contributed by atoms with E-state index in [-0.39, 0.29) is 30.2 Å². The van der Waals surface area contributed by atoms with E-state index in [1.807, 2.05) is 44.2 Å². The third-order valence-electron chi connectivity index (χ3n) is 3.72. The summed E-state index contributed by atoms with van der Waals surface area (Å²) in [7, 11) is 1.42. The molecule has 3 N–H and O–H groups in total. The van der Waals surface area contributed by atoms with Crippen LogP contribution in [-0.2, 0) is 19.1 Å². The smallest absolute Gasteiger partial charge is 0.246 e. The third-order valence-corrected chi connectivity index (χ3v) is 3.72. The molecule has 1 rings (SSSR count). The van der Waals surface area contributed by atoms with Crippen LogP contribution in [0.25, 0.3) is 6.08 Å². The van der Waals surface area contributed by atoms with Gasteiger partial charge in [0.1, 0.15) is 12.6 Å². The summed E-state index contributed by atoms with van der Waals surface area (Å²) in [4.78, 5) is 35.6. The SMILES string of the molecule is COCC(=O)N[C@H](C(=O)NCCCNC(=O)/C=C/c1ccccc1)C(C)C. The van der Waals surface area contributed by atoms with Gasteiger partial charge in [0, 0.05) is 26.3 Å². The molecule has 0 aromatic heterocycles. The molecule has 0 saturated heterocycles. The molecule has 0 unspecified atom stereocenters. The predicted molar refractivity (Wildman–Crippen MR) is 105 cm³/mol. The first-order chi connectivity index (χ1) is 12.9. The number of hydrogen-bond acceptors (Lipinski definition) is 4. The number of amides is 3. The maximum atomic E-state index is 12.2. The highest BCUT2D eigenvalue weighted by molar-refractivity contribution is 5.91. The van der Waals surface area contributed by atoms with E-state index in [1.165, 1.54) is 13.2 Å². The Morgan fingerprint density at radius 3 is 2.37 bits per heavy atom. The highest BCUT2D eigenvalue weighted by Gasteiger charge is 2.23. The van der Waals surface area contributed by atoms with Crippen LogP contribution in [0.3, 0.4) is 0 Å². The summed E-state index contributed by atoms with van der Waals surface area (Å²) in [6.07, 6.45) is 3.81. The van der Waals surface area contributed by atoms with Gasteiger partial charge in [0.25, 0.3) is 0 Å². The monoisotopic (exact) mass is 375 g/mol. The molecule has 0 radical (unpaired) electrons. The summed E-state index contributed by atoms with van der Waals surface area (Å²) >= 11 is 0. The molecule has 0 saturated carbocycles. The summed E-state index contributed by atoms with van der Waals surface area (Å²) in [6.45, 7) is 4.48. The van der Waals surface area contributed by atoms with E-state index < -0.39 is 6.04 Å². The van der Waals surface area contributed by atoms with Crippen molar-refractivity contribution in [3.05, 3.63) is 42.0 Å². The van der Waals surface area contributed by atoms with Gasteiger partial charge in [-0.25, -0.2) is 0 Å². The molecular weight excluding hydrogens is 346 g/mol. The van der Waals surface area contributed by atoms with E-state index in [9.17, 15) is 14.4 Å². The number of ether oxygens (including phenoxy) is 1. The maximum absolute atomic E-state index is 12.2. The van der Waals surface area contributed by atoms with Crippen molar-refractivity contribution in [2.75, 3.05) is 26.8 Å². The normalized spacial score (nSPS) is 12.0. The van der Waals surface area contributed by atoms with E-state index >= 15 is 0 Å². The lowest BCUT2D eigenvalue weighted by Crippen LogP contribution is -2.50. The zero-order chi connectivity index (χ0) is 20.1. The summed E-state index contributed by atoms with van der Waals surface area (Å²) in [5.74, 6) is -0.806. The van der Waals surface area contributed by atoms with Gasteiger partial charge in [-0.3, -0.25) is 14.4 Å². The minimum absolute atomic E-state index is 0.0476. The van der Waals surface area contributed by atoms with Gasteiger partial charge in [-0.05, 0) is 24.0 Å². The molecule has 1 atom stereocenters. The predicted octanol–water partition coefficient (Wildman–Crippen LogP) is 1.11. The Bertz CT molecular complexity index is 629. The Kier molecular flexibility index (Phi) is 10.5. The van der Waals surface area contributed by atoms with Crippen molar-refractivity contribution in [1.82, 2.24) is 16.0 Å². The fourth-order valence-electron chi connectivity index (χ4n) is 2.30. The van der Waals surface area contributed by atoms with Crippen LogP contribution in [0.15, 0.2) is 36.4 Å². The van der Waals surface area contributed by atoms with Crippen LogP contribution >= 0.6 is 0 Å². The highest BCUT2D eigenvalue weighted by Crippen LogP contribution is 2.02. The lowest BCUT2D eigenvalue weighted by Gasteiger charge is -2.21. The fourth-order valence-corrected chi connectivity index (χ4v) is 2.30. The van der Waals surface area contributed by atoms with Gasteiger partial charge in [0.15, 0.2) is 0 Å². The van der Waals surface area contributed by atoms with Crippen molar-refractivity contribution in [2.45, 2.75) is 26.3 Å². The summed E-state index contributed by atoms with van der Waals surface area (Å²) in [5, 5.41) is 8.20.